The molecule has 0 saturated carbocycles. The maximum atomic E-state index is 11.0. The van der Waals surface area contributed by atoms with Crippen molar-refractivity contribution in [2.75, 3.05) is 6.61 Å². The van der Waals surface area contributed by atoms with Gasteiger partial charge in [-0.15, -0.1) is 0 Å². The third kappa shape index (κ3) is 2.99. The first-order valence-electron chi connectivity index (χ1n) is 7.50. The largest absolute Gasteiger partial charge is 0.396 e. The lowest BCUT2D eigenvalue weighted by Gasteiger charge is -2.29. The van der Waals surface area contributed by atoms with Gasteiger partial charge in [-0.25, -0.2) is 0 Å². The second-order valence-electron chi connectivity index (χ2n) is 5.92. The lowest BCUT2D eigenvalue weighted by atomic mass is 9.87. The minimum atomic E-state index is -0.330. The summed E-state index contributed by atoms with van der Waals surface area (Å²) >= 11 is 0. The number of rotatable bonds is 4. The van der Waals surface area contributed by atoms with E-state index in [1.54, 1.807) is 12.1 Å². The van der Waals surface area contributed by atoms with Crippen LogP contribution in [0, 0.1) is 16.0 Å². The molecule has 3 atom stereocenters. The molecule has 3 rings (SSSR count). The minimum absolute atomic E-state index is 0.164. The zero-order chi connectivity index (χ0) is 14.8. The van der Waals surface area contributed by atoms with Crippen molar-refractivity contribution in [1.29, 1.82) is 0 Å². The second-order valence-corrected chi connectivity index (χ2v) is 5.92. The molecule has 0 radical (unpaired) electrons. The second kappa shape index (κ2) is 5.95. The number of nitro groups is 1. The van der Waals surface area contributed by atoms with Gasteiger partial charge in [0.2, 0.25) is 0 Å². The SMILES string of the molecule is O=[N+]([O-])c1ccc2c(c1)C(N[C@@H]1C=C[C@H](CO)C1)CCC2. The van der Waals surface area contributed by atoms with E-state index in [2.05, 4.69) is 17.5 Å². The molecule has 5 nitrogen and oxygen atoms in total. The summed E-state index contributed by atoms with van der Waals surface area (Å²) in [6.45, 7) is 0.182. The molecule has 0 bridgehead atoms. The molecule has 0 fully saturated rings. The van der Waals surface area contributed by atoms with Gasteiger partial charge in [0.05, 0.1) is 4.92 Å². The Bertz CT molecular complexity index is 571. The van der Waals surface area contributed by atoms with Crippen LogP contribution in [0.4, 0.5) is 5.69 Å². The fourth-order valence-electron chi connectivity index (χ4n) is 3.37. The maximum Gasteiger partial charge on any atom is 0.269 e. The van der Waals surface area contributed by atoms with Crippen LogP contribution in [0.25, 0.3) is 0 Å². The highest BCUT2D eigenvalue weighted by Gasteiger charge is 2.26. The van der Waals surface area contributed by atoms with Crippen molar-refractivity contribution in [2.45, 2.75) is 37.8 Å². The number of hydrogen-bond acceptors (Lipinski definition) is 4. The third-order valence-corrected chi connectivity index (χ3v) is 4.48. The van der Waals surface area contributed by atoms with Crippen molar-refractivity contribution in [3.05, 3.63) is 51.6 Å². The summed E-state index contributed by atoms with van der Waals surface area (Å²) in [5.41, 5.74) is 2.44. The van der Waals surface area contributed by atoms with Gasteiger partial charge >= 0.3 is 0 Å². The molecular weight excluding hydrogens is 268 g/mol. The summed E-state index contributed by atoms with van der Waals surface area (Å²) in [4.78, 5) is 10.6. The average Bonchev–Trinajstić information content (AvgIpc) is 2.95. The van der Waals surface area contributed by atoms with Crippen molar-refractivity contribution in [1.82, 2.24) is 5.32 Å². The number of aliphatic hydroxyl groups is 1. The van der Waals surface area contributed by atoms with Gasteiger partial charge in [-0.2, -0.15) is 0 Å². The van der Waals surface area contributed by atoms with Crippen molar-refractivity contribution in [3.8, 4) is 0 Å². The quantitative estimate of drug-likeness (QED) is 0.507. The molecule has 0 spiro atoms. The number of nitrogens with one attached hydrogen (secondary N) is 1. The van der Waals surface area contributed by atoms with Crippen molar-refractivity contribution < 1.29 is 10.0 Å². The van der Waals surface area contributed by atoms with Crippen molar-refractivity contribution >= 4 is 5.69 Å². The highest BCUT2D eigenvalue weighted by molar-refractivity contribution is 5.43. The van der Waals surface area contributed by atoms with Gasteiger partial charge in [-0.3, -0.25) is 10.1 Å². The molecule has 21 heavy (non-hydrogen) atoms. The van der Waals surface area contributed by atoms with Crippen LogP contribution in [0.1, 0.15) is 36.4 Å². The van der Waals surface area contributed by atoms with Crippen LogP contribution >= 0.6 is 0 Å². The summed E-state index contributed by atoms with van der Waals surface area (Å²) in [5, 5.41) is 23.7. The third-order valence-electron chi connectivity index (χ3n) is 4.48. The summed E-state index contributed by atoms with van der Waals surface area (Å²) in [5.74, 6) is 0.232. The highest BCUT2D eigenvalue weighted by Crippen LogP contribution is 2.33. The monoisotopic (exact) mass is 288 g/mol. The Morgan fingerprint density at radius 2 is 2.24 bits per heavy atom. The number of aliphatic hydroxyl groups excluding tert-OH is 1. The normalized spacial score (nSPS) is 27.6. The highest BCUT2D eigenvalue weighted by atomic mass is 16.6. The molecule has 0 aliphatic heterocycles. The Balaban J connectivity index is 1.78. The van der Waals surface area contributed by atoms with E-state index >= 15 is 0 Å². The predicted molar refractivity (Wildman–Crippen MR) is 80.0 cm³/mol. The molecule has 2 aliphatic carbocycles. The number of nitro benzene ring substituents is 1. The number of benzene rings is 1. The van der Waals surface area contributed by atoms with Crippen LogP contribution in [0.5, 0.6) is 0 Å². The van der Waals surface area contributed by atoms with Crippen LogP contribution in [0.2, 0.25) is 0 Å². The molecule has 2 aliphatic rings. The number of fused-ring (bicyclic) bond motifs is 1. The number of nitrogens with zero attached hydrogens (tertiary/aromatic N) is 1. The summed E-state index contributed by atoms with van der Waals surface area (Å²) in [6, 6.07) is 5.62. The molecule has 0 saturated heterocycles. The zero-order valence-electron chi connectivity index (χ0n) is 11.9. The number of aryl methyl sites for hydroxylation is 1. The van der Waals surface area contributed by atoms with E-state index in [1.165, 1.54) is 5.56 Å². The Kier molecular flexibility index (Phi) is 4.03. The summed E-state index contributed by atoms with van der Waals surface area (Å²) < 4.78 is 0. The molecule has 2 N–H and O–H groups in total. The first kappa shape index (κ1) is 14.2. The van der Waals surface area contributed by atoms with E-state index in [0.29, 0.717) is 0 Å². The van der Waals surface area contributed by atoms with Crippen LogP contribution < -0.4 is 5.32 Å². The Morgan fingerprint density at radius 1 is 1.38 bits per heavy atom. The lowest BCUT2D eigenvalue weighted by molar-refractivity contribution is -0.385. The molecule has 1 aromatic carbocycles. The average molecular weight is 288 g/mol. The maximum absolute atomic E-state index is 11.0. The molecular formula is C16H20N2O3. The molecule has 5 heteroatoms. The van der Waals surface area contributed by atoms with Crippen molar-refractivity contribution in [2.24, 2.45) is 5.92 Å². The fraction of sp³-hybridized carbons (Fsp3) is 0.500. The standard InChI is InChI=1S/C16H20N2O3/c19-10-11-4-6-13(8-11)17-16-3-1-2-12-5-7-14(18(20)21)9-15(12)16/h4-7,9,11,13,16-17,19H,1-3,8,10H2/t11-,13+,16?/m0/s1. The van der Waals surface area contributed by atoms with Gasteiger partial charge in [-0.05, 0) is 36.8 Å². The van der Waals surface area contributed by atoms with Crippen LogP contribution in [0.3, 0.4) is 0 Å². The fourth-order valence-corrected chi connectivity index (χ4v) is 3.37. The Labute approximate surface area is 123 Å². The first-order chi connectivity index (χ1) is 10.2. The van der Waals surface area contributed by atoms with Gasteiger partial charge in [-0.1, -0.05) is 18.2 Å². The lowest BCUT2D eigenvalue weighted by Crippen LogP contribution is -2.33. The molecule has 112 valence electrons. The van der Waals surface area contributed by atoms with Gasteiger partial charge in [0, 0.05) is 36.7 Å². The van der Waals surface area contributed by atoms with Crippen LogP contribution in [0.15, 0.2) is 30.4 Å². The van der Waals surface area contributed by atoms with Crippen molar-refractivity contribution in [3.63, 3.8) is 0 Å². The van der Waals surface area contributed by atoms with Gasteiger partial charge < -0.3 is 10.4 Å². The van der Waals surface area contributed by atoms with E-state index in [9.17, 15) is 15.2 Å². The Hall–Kier alpha value is -1.72. The van der Waals surface area contributed by atoms with Crippen LogP contribution in [-0.2, 0) is 6.42 Å². The van der Waals surface area contributed by atoms with E-state index in [1.807, 2.05) is 6.07 Å². The van der Waals surface area contributed by atoms with Gasteiger partial charge in [0.15, 0.2) is 0 Å². The summed E-state index contributed by atoms with van der Waals surface area (Å²) in [7, 11) is 0. The predicted octanol–water partition coefficient (Wildman–Crippen LogP) is 2.50. The first-order valence-corrected chi connectivity index (χ1v) is 7.50. The minimum Gasteiger partial charge on any atom is -0.396 e. The molecule has 1 aromatic rings. The van der Waals surface area contributed by atoms with E-state index < -0.39 is 0 Å². The summed E-state index contributed by atoms with van der Waals surface area (Å²) in [6.07, 6.45) is 8.15. The van der Waals surface area contributed by atoms with E-state index in [-0.39, 0.29) is 35.2 Å². The Morgan fingerprint density at radius 3 is 2.95 bits per heavy atom. The van der Waals surface area contributed by atoms with Gasteiger partial charge in [0.1, 0.15) is 0 Å². The molecule has 1 unspecified atom stereocenters. The van der Waals surface area contributed by atoms with Gasteiger partial charge in [0.25, 0.3) is 5.69 Å². The smallest absolute Gasteiger partial charge is 0.269 e. The molecule has 0 heterocycles. The topological polar surface area (TPSA) is 75.4 Å². The molecule has 0 amide bonds. The number of hydrogen-bond donors (Lipinski definition) is 2. The van der Waals surface area contributed by atoms with Crippen LogP contribution in [-0.4, -0.2) is 22.7 Å². The number of non-ortho nitro benzene ring substituents is 1. The van der Waals surface area contributed by atoms with E-state index in [4.69, 9.17) is 0 Å². The molecule has 0 aromatic heterocycles. The van der Waals surface area contributed by atoms with E-state index in [0.717, 1.165) is 31.2 Å². The zero-order valence-corrected chi connectivity index (χ0v) is 11.9.